The maximum Gasteiger partial charge on any atom is 0.234 e. The molecule has 2 atom stereocenters. The molecule has 2 unspecified atom stereocenters. The first kappa shape index (κ1) is 18.3. The zero-order chi connectivity index (χ0) is 17.6. The van der Waals surface area contributed by atoms with Gasteiger partial charge in [-0.1, -0.05) is 6.42 Å². The molecule has 2 aliphatic rings. The maximum atomic E-state index is 12.2. The molecule has 7 nitrogen and oxygen atoms in total. The van der Waals surface area contributed by atoms with Gasteiger partial charge in [0.25, 0.3) is 0 Å². The summed E-state index contributed by atoms with van der Waals surface area (Å²) in [5.41, 5.74) is 0. The Morgan fingerprint density at radius 1 is 1.28 bits per heavy atom. The van der Waals surface area contributed by atoms with Gasteiger partial charge in [-0.15, -0.1) is 10.2 Å². The van der Waals surface area contributed by atoms with E-state index in [2.05, 4.69) is 25.0 Å². The number of carbonyl (C=O) groups excluding carboxylic acids is 1. The van der Waals surface area contributed by atoms with Gasteiger partial charge in [0, 0.05) is 38.6 Å². The molecule has 7 heteroatoms. The quantitative estimate of drug-likeness (QED) is 0.839. The molecule has 0 aromatic carbocycles. The molecule has 2 aliphatic heterocycles. The SMILES string of the molecule is COCC(C)NC(=O)CN1CCCC(c2nnc3n2CCCCC3)C1. The smallest absolute Gasteiger partial charge is 0.234 e. The van der Waals surface area contributed by atoms with Crippen molar-refractivity contribution in [2.45, 2.75) is 64.0 Å². The molecule has 1 N–H and O–H groups in total. The van der Waals surface area contributed by atoms with Gasteiger partial charge in [-0.3, -0.25) is 9.69 Å². The molecule has 0 spiro atoms. The number of methoxy groups -OCH3 is 1. The molecule has 1 aromatic rings. The van der Waals surface area contributed by atoms with Gasteiger partial charge in [0.2, 0.25) is 5.91 Å². The summed E-state index contributed by atoms with van der Waals surface area (Å²) in [6.07, 6.45) is 7.00. The van der Waals surface area contributed by atoms with E-state index < -0.39 is 0 Å². The van der Waals surface area contributed by atoms with E-state index in [1.807, 2.05) is 6.92 Å². The highest BCUT2D eigenvalue weighted by molar-refractivity contribution is 5.78. The number of amides is 1. The molecule has 0 radical (unpaired) electrons. The van der Waals surface area contributed by atoms with E-state index in [0.717, 1.165) is 50.5 Å². The van der Waals surface area contributed by atoms with Crippen LogP contribution in [0.4, 0.5) is 0 Å². The molecule has 1 saturated heterocycles. The Bertz CT molecular complexity index is 574. The number of hydrogen-bond acceptors (Lipinski definition) is 5. The number of aromatic nitrogens is 3. The van der Waals surface area contributed by atoms with E-state index >= 15 is 0 Å². The van der Waals surface area contributed by atoms with Crippen LogP contribution in [-0.4, -0.2) is 65.0 Å². The lowest BCUT2D eigenvalue weighted by molar-refractivity contribution is -0.123. The highest BCUT2D eigenvalue weighted by atomic mass is 16.5. The molecule has 0 saturated carbocycles. The van der Waals surface area contributed by atoms with Gasteiger partial charge in [0.1, 0.15) is 11.6 Å². The van der Waals surface area contributed by atoms with Crippen molar-refractivity contribution in [3.8, 4) is 0 Å². The average molecular weight is 349 g/mol. The van der Waals surface area contributed by atoms with E-state index in [1.165, 1.54) is 19.3 Å². The van der Waals surface area contributed by atoms with E-state index in [1.54, 1.807) is 7.11 Å². The van der Waals surface area contributed by atoms with Crippen LogP contribution in [0, 0.1) is 0 Å². The third-order valence-corrected chi connectivity index (χ3v) is 5.20. The Balaban J connectivity index is 1.58. The van der Waals surface area contributed by atoms with E-state index in [0.29, 0.717) is 19.1 Å². The summed E-state index contributed by atoms with van der Waals surface area (Å²) < 4.78 is 7.43. The maximum absolute atomic E-state index is 12.2. The fourth-order valence-corrected chi connectivity index (χ4v) is 4.03. The first-order chi connectivity index (χ1) is 12.2. The second-order valence-corrected chi connectivity index (χ2v) is 7.43. The van der Waals surface area contributed by atoms with Crippen molar-refractivity contribution in [2.75, 3.05) is 33.4 Å². The molecule has 140 valence electrons. The first-order valence-corrected chi connectivity index (χ1v) is 9.60. The number of likely N-dealkylation sites (tertiary alicyclic amines) is 1. The number of nitrogens with one attached hydrogen (secondary N) is 1. The summed E-state index contributed by atoms with van der Waals surface area (Å²) in [5, 5.41) is 12.0. The van der Waals surface area contributed by atoms with Crippen molar-refractivity contribution < 1.29 is 9.53 Å². The van der Waals surface area contributed by atoms with E-state index in [-0.39, 0.29) is 11.9 Å². The fourth-order valence-electron chi connectivity index (χ4n) is 4.03. The van der Waals surface area contributed by atoms with Crippen molar-refractivity contribution in [1.82, 2.24) is 25.0 Å². The predicted molar refractivity (Wildman–Crippen MR) is 95.5 cm³/mol. The Kier molecular flexibility index (Phi) is 6.42. The van der Waals surface area contributed by atoms with Crippen LogP contribution < -0.4 is 5.32 Å². The molecular weight excluding hydrogens is 318 g/mol. The van der Waals surface area contributed by atoms with Gasteiger partial charge in [-0.2, -0.15) is 0 Å². The minimum absolute atomic E-state index is 0.0466. The van der Waals surface area contributed by atoms with Crippen LogP contribution in [0.2, 0.25) is 0 Å². The Labute approximate surface area is 150 Å². The predicted octanol–water partition coefficient (Wildman–Crippen LogP) is 1.33. The zero-order valence-electron chi connectivity index (χ0n) is 15.5. The van der Waals surface area contributed by atoms with Crippen LogP contribution in [0.25, 0.3) is 0 Å². The van der Waals surface area contributed by atoms with Crippen LogP contribution in [0.15, 0.2) is 0 Å². The van der Waals surface area contributed by atoms with Crippen molar-refractivity contribution in [3.05, 3.63) is 11.6 Å². The molecular formula is C18H31N5O2. The van der Waals surface area contributed by atoms with E-state index in [9.17, 15) is 4.79 Å². The summed E-state index contributed by atoms with van der Waals surface area (Å²) >= 11 is 0. The van der Waals surface area contributed by atoms with Crippen molar-refractivity contribution in [3.63, 3.8) is 0 Å². The Hall–Kier alpha value is -1.47. The minimum atomic E-state index is 0.0466. The molecule has 25 heavy (non-hydrogen) atoms. The molecule has 3 heterocycles. The molecule has 0 aliphatic carbocycles. The van der Waals surface area contributed by atoms with Gasteiger partial charge in [0.05, 0.1) is 13.2 Å². The summed E-state index contributed by atoms with van der Waals surface area (Å²) in [6, 6.07) is 0.0466. The second kappa shape index (κ2) is 8.76. The minimum Gasteiger partial charge on any atom is -0.383 e. The number of aryl methyl sites for hydroxylation is 1. The van der Waals surface area contributed by atoms with Crippen LogP contribution in [0.5, 0.6) is 0 Å². The lowest BCUT2D eigenvalue weighted by Gasteiger charge is -2.32. The summed E-state index contributed by atoms with van der Waals surface area (Å²) in [5.74, 6) is 2.74. The number of rotatable bonds is 6. The monoisotopic (exact) mass is 349 g/mol. The van der Waals surface area contributed by atoms with Crippen LogP contribution in [-0.2, 0) is 22.5 Å². The molecule has 1 fully saturated rings. The standard InChI is InChI=1S/C18H31N5O2/c1-14(13-25-2)19-17(24)12-22-9-6-7-15(11-22)18-21-20-16-8-4-3-5-10-23(16)18/h14-15H,3-13H2,1-2H3,(H,19,24). The highest BCUT2D eigenvalue weighted by Gasteiger charge is 2.28. The third-order valence-electron chi connectivity index (χ3n) is 5.20. The van der Waals surface area contributed by atoms with Crippen LogP contribution in [0.3, 0.4) is 0 Å². The van der Waals surface area contributed by atoms with Gasteiger partial charge >= 0.3 is 0 Å². The Morgan fingerprint density at radius 3 is 3.00 bits per heavy atom. The summed E-state index contributed by atoms with van der Waals surface area (Å²) in [4.78, 5) is 14.5. The number of piperidine rings is 1. The molecule has 3 rings (SSSR count). The fraction of sp³-hybridized carbons (Fsp3) is 0.833. The van der Waals surface area contributed by atoms with Crippen molar-refractivity contribution >= 4 is 5.91 Å². The first-order valence-electron chi connectivity index (χ1n) is 9.60. The number of fused-ring (bicyclic) bond motifs is 1. The van der Waals surface area contributed by atoms with Crippen molar-refractivity contribution in [2.24, 2.45) is 0 Å². The normalized spacial score (nSPS) is 22.9. The molecule has 0 bridgehead atoms. The topological polar surface area (TPSA) is 72.3 Å². The molecule has 1 aromatic heterocycles. The number of ether oxygens (including phenoxy) is 1. The summed E-state index contributed by atoms with van der Waals surface area (Å²) in [7, 11) is 1.65. The highest BCUT2D eigenvalue weighted by Crippen LogP contribution is 2.27. The van der Waals surface area contributed by atoms with Gasteiger partial charge < -0.3 is 14.6 Å². The van der Waals surface area contributed by atoms with E-state index in [4.69, 9.17) is 4.74 Å². The average Bonchev–Trinajstić information content (AvgIpc) is 2.84. The van der Waals surface area contributed by atoms with Crippen LogP contribution >= 0.6 is 0 Å². The van der Waals surface area contributed by atoms with Crippen LogP contribution in [0.1, 0.15) is 56.6 Å². The largest absolute Gasteiger partial charge is 0.383 e. The lowest BCUT2D eigenvalue weighted by Crippen LogP contribution is -2.45. The second-order valence-electron chi connectivity index (χ2n) is 7.43. The lowest BCUT2D eigenvalue weighted by atomic mass is 9.97. The van der Waals surface area contributed by atoms with Gasteiger partial charge in [-0.25, -0.2) is 0 Å². The number of nitrogens with zero attached hydrogens (tertiary/aromatic N) is 4. The number of hydrogen-bond donors (Lipinski definition) is 1. The van der Waals surface area contributed by atoms with Crippen molar-refractivity contribution in [1.29, 1.82) is 0 Å². The molecule has 1 amide bonds. The zero-order valence-corrected chi connectivity index (χ0v) is 15.5. The summed E-state index contributed by atoms with van der Waals surface area (Å²) in [6.45, 7) is 5.87. The number of carbonyl (C=O) groups is 1. The third kappa shape index (κ3) is 4.79. The Morgan fingerprint density at radius 2 is 2.16 bits per heavy atom. The van der Waals surface area contributed by atoms with Gasteiger partial charge in [-0.05, 0) is 39.2 Å². The van der Waals surface area contributed by atoms with Gasteiger partial charge in [0.15, 0.2) is 0 Å².